The van der Waals surface area contributed by atoms with Crippen LogP contribution in [0.15, 0.2) is 22.7 Å². The second kappa shape index (κ2) is 5.74. The molecule has 3 nitrogen and oxygen atoms in total. The zero-order valence-electron chi connectivity index (χ0n) is 10.5. The molecule has 0 spiro atoms. The molecule has 0 aliphatic heterocycles. The highest BCUT2D eigenvalue weighted by atomic mass is 79.9. The molecule has 4 heteroatoms. The molecule has 0 heterocycles. The fraction of sp³-hybridized carbons (Fsp3) is 0.500. The number of rotatable bonds is 6. The Morgan fingerprint density at radius 2 is 2.22 bits per heavy atom. The van der Waals surface area contributed by atoms with Gasteiger partial charge < -0.3 is 10.0 Å². The summed E-state index contributed by atoms with van der Waals surface area (Å²) >= 11 is 3.34. The van der Waals surface area contributed by atoms with E-state index in [0.29, 0.717) is 10.0 Å². The van der Waals surface area contributed by atoms with E-state index in [0.717, 1.165) is 31.1 Å². The van der Waals surface area contributed by atoms with Gasteiger partial charge in [0.25, 0.3) is 0 Å². The van der Waals surface area contributed by atoms with E-state index in [2.05, 4.69) is 27.8 Å². The number of carbonyl (C=O) groups is 1. The molecule has 1 N–H and O–H groups in total. The van der Waals surface area contributed by atoms with E-state index in [1.54, 1.807) is 6.07 Å². The Kier molecular flexibility index (Phi) is 4.27. The van der Waals surface area contributed by atoms with E-state index >= 15 is 0 Å². The summed E-state index contributed by atoms with van der Waals surface area (Å²) in [5.74, 6) is -0.119. The molecule has 18 heavy (non-hydrogen) atoms. The van der Waals surface area contributed by atoms with Crippen LogP contribution < -0.4 is 4.90 Å². The molecule has 0 atom stereocenters. The van der Waals surface area contributed by atoms with Gasteiger partial charge in [-0.1, -0.05) is 13.0 Å². The van der Waals surface area contributed by atoms with Gasteiger partial charge in [-0.3, -0.25) is 0 Å². The number of hydrogen-bond donors (Lipinski definition) is 1. The van der Waals surface area contributed by atoms with Crippen LogP contribution in [0, 0.1) is 5.92 Å². The molecule has 0 amide bonds. The van der Waals surface area contributed by atoms with Crippen LogP contribution in [0.1, 0.15) is 36.5 Å². The van der Waals surface area contributed by atoms with Gasteiger partial charge in [0.15, 0.2) is 0 Å². The first kappa shape index (κ1) is 13.4. The zero-order chi connectivity index (χ0) is 13.1. The van der Waals surface area contributed by atoms with Crippen LogP contribution in [0.2, 0.25) is 0 Å². The van der Waals surface area contributed by atoms with Gasteiger partial charge in [-0.25, -0.2) is 4.79 Å². The van der Waals surface area contributed by atoms with E-state index in [1.807, 2.05) is 12.1 Å². The summed E-state index contributed by atoms with van der Waals surface area (Å²) in [6.45, 7) is 4.01. The van der Waals surface area contributed by atoms with Crippen LogP contribution in [-0.4, -0.2) is 24.2 Å². The molecule has 1 aliphatic rings. The third-order valence-corrected chi connectivity index (χ3v) is 3.88. The number of benzene rings is 1. The Morgan fingerprint density at radius 1 is 1.50 bits per heavy atom. The second-order valence-electron chi connectivity index (χ2n) is 4.83. The summed E-state index contributed by atoms with van der Waals surface area (Å²) in [4.78, 5) is 13.6. The standard InChI is InChI=1S/C14H18BrNO2/c1-2-8-16(9-10-6-7-10)12-5-3-4-11(15)13(12)14(17)18/h3-5,10H,2,6-9H2,1H3,(H,17,18). The van der Waals surface area contributed by atoms with Crippen molar-refractivity contribution in [3.8, 4) is 0 Å². The van der Waals surface area contributed by atoms with Gasteiger partial charge in [0, 0.05) is 17.6 Å². The predicted octanol–water partition coefficient (Wildman–Crippen LogP) is 3.77. The van der Waals surface area contributed by atoms with Crippen LogP contribution in [0.4, 0.5) is 5.69 Å². The van der Waals surface area contributed by atoms with Crippen LogP contribution in [0.5, 0.6) is 0 Å². The minimum absolute atomic E-state index is 0.381. The Morgan fingerprint density at radius 3 is 2.78 bits per heavy atom. The highest BCUT2D eigenvalue weighted by Crippen LogP contribution is 2.34. The summed E-state index contributed by atoms with van der Waals surface area (Å²) in [5, 5.41) is 9.36. The number of anilines is 1. The first-order valence-corrected chi connectivity index (χ1v) is 7.19. The molecular weight excluding hydrogens is 294 g/mol. The highest BCUT2D eigenvalue weighted by molar-refractivity contribution is 9.10. The van der Waals surface area contributed by atoms with Gasteiger partial charge in [0.05, 0.1) is 11.3 Å². The van der Waals surface area contributed by atoms with E-state index in [-0.39, 0.29) is 0 Å². The number of hydrogen-bond acceptors (Lipinski definition) is 2. The van der Waals surface area contributed by atoms with Crippen molar-refractivity contribution < 1.29 is 9.90 Å². The Bertz CT molecular complexity index is 443. The SMILES string of the molecule is CCCN(CC1CC1)c1cccc(Br)c1C(=O)O. The lowest BCUT2D eigenvalue weighted by molar-refractivity contribution is 0.0696. The molecule has 0 radical (unpaired) electrons. The van der Waals surface area contributed by atoms with Crippen LogP contribution in [-0.2, 0) is 0 Å². The summed E-state index contributed by atoms with van der Waals surface area (Å²) < 4.78 is 0.657. The maximum Gasteiger partial charge on any atom is 0.338 e. The monoisotopic (exact) mass is 311 g/mol. The Labute approximate surface area is 116 Å². The minimum atomic E-state index is -0.866. The maximum atomic E-state index is 11.4. The number of nitrogens with zero attached hydrogens (tertiary/aromatic N) is 1. The molecule has 2 rings (SSSR count). The third-order valence-electron chi connectivity index (χ3n) is 3.22. The predicted molar refractivity (Wildman–Crippen MR) is 76.3 cm³/mol. The van der Waals surface area contributed by atoms with Gasteiger partial charge in [0.2, 0.25) is 0 Å². The first-order valence-electron chi connectivity index (χ1n) is 6.40. The van der Waals surface area contributed by atoms with Crippen molar-refractivity contribution in [3.05, 3.63) is 28.2 Å². The van der Waals surface area contributed by atoms with Crippen LogP contribution in [0.25, 0.3) is 0 Å². The van der Waals surface area contributed by atoms with E-state index in [9.17, 15) is 9.90 Å². The molecule has 1 saturated carbocycles. The van der Waals surface area contributed by atoms with Crippen molar-refractivity contribution in [1.82, 2.24) is 0 Å². The molecule has 1 aromatic rings. The lowest BCUT2D eigenvalue weighted by Crippen LogP contribution is -2.28. The number of halogens is 1. The van der Waals surface area contributed by atoms with Crippen molar-refractivity contribution in [3.63, 3.8) is 0 Å². The smallest absolute Gasteiger partial charge is 0.338 e. The third kappa shape index (κ3) is 3.05. The van der Waals surface area contributed by atoms with Crippen molar-refractivity contribution in [2.75, 3.05) is 18.0 Å². The van der Waals surface area contributed by atoms with Crippen molar-refractivity contribution >= 4 is 27.6 Å². The van der Waals surface area contributed by atoms with Crippen LogP contribution >= 0.6 is 15.9 Å². The van der Waals surface area contributed by atoms with Crippen LogP contribution in [0.3, 0.4) is 0 Å². The molecule has 1 aliphatic carbocycles. The van der Waals surface area contributed by atoms with Gasteiger partial charge >= 0.3 is 5.97 Å². The van der Waals surface area contributed by atoms with Crippen molar-refractivity contribution in [2.24, 2.45) is 5.92 Å². The average Bonchev–Trinajstić information content (AvgIpc) is 3.11. The average molecular weight is 312 g/mol. The Balaban J connectivity index is 2.32. The summed E-state index contributed by atoms with van der Waals surface area (Å²) in [6, 6.07) is 5.60. The largest absolute Gasteiger partial charge is 0.478 e. The quantitative estimate of drug-likeness (QED) is 0.869. The second-order valence-corrected chi connectivity index (χ2v) is 5.68. The Hall–Kier alpha value is -1.03. The topological polar surface area (TPSA) is 40.5 Å². The zero-order valence-corrected chi connectivity index (χ0v) is 12.1. The molecule has 1 aromatic carbocycles. The van der Waals surface area contributed by atoms with E-state index < -0.39 is 5.97 Å². The van der Waals surface area contributed by atoms with Crippen molar-refractivity contribution in [2.45, 2.75) is 26.2 Å². The molecule has 0 aromatic heterocycles. The fourth-order valence-corrected chi connectivity index (χ4v) is 2.71. The van der Waals surface area contributed by atoms with Gasteiger partial charge in [-0.15, -0.1) is 0 Å². The number of carboxylic acid groups (broad SMARTS) is 1. The lowest BCUT2D eigenvalue weighted by Gasteiger charge is -2.26. The van der Waals surface area contributed by atoms with Crippen molar-refractivity contribution in [1.29, 1.82) is 0 Å². The van der Waals surface area contributed by atoms with Gasteiger partial charge in [0.1, 0.15) is 0 Å². The first-order chi connectivity index (χ1) is 8.63. The number of aromatic carboxylic acids is 1. The molecule has 1 fully saturated rings. The highest BCUT2D eigenvalue weighted by Gasteiger charge is 2.26. The minimum Gasteiger partial charge on any atom is -0.478 e. The van der Waals surface area contributed by atoms with E-state index in [1.165, 1.54) is 12.8 Å². The molecule has 0 unspecified atom stereocenters. The molecule has 98 valence electrons. The van der Waals surface area contributed by atoms with Gasteiger partial charge in [-0.2, -0.15) is 0 Å². The lowest BCUT2D eigenvalue weighted by atomic mass is 10.1. The number of carboxylic acids is 1. The molecule has 0 bridgehead atoms. The fourth-order valence-electron chi connectivity index (χ4n) is 2.18. The summed E-state index contributed by atoms with van der Waals surface area (Å²) in [6.07, 6.45) is 3.57. The molecular formula is C14H18BrNO2. The maximum absolute atomic E-state index is 11.4. The van der Waals surface area contributed by atoms with Gasteiger partial charge in [-0.05, 0) is 53.2 Å². The summed E-state index contributed by atoms with van der Waals surface area (Å²) in [5.41, 5.74) is 1.22. The van der Waals surface area contributed by atoms with E-state index in [4.69, 9.17) is 0 Å². The summed E-state index contributed by atoms with van der Waals surface area (Å²) in [7, 11) is 0. The normalized spacial score (nSPS) is 14.6. The molecule has 0 saturated heterocycles.